The molecule has 1 saturated heterocycles. The lowest BCUT2D eigenvalue weighted by atomic mass is 9.97. The van der Waals surface area contributed by atoms with Gasteiger partial charge in [0.05, 0.1) is 30.0 Å². The number of hydrogen-bond donors (Lipinski definition) is 1. The van der Waals surface area contributed by atoms with Crippen molar-refractivity contribution in [2.24, 2.45) is 5.92 Å². The van der Waals surface area contributed by atoms with Crippen LogP contribution in [0.3, 0.4) is 0 Å². The third-order valence-corrected chi connectivity index (χ3v) is 6.90. The van der Waals surface area contributed by atoms with Crippen molar-refractivity contribution in [2.45, 2.75) is 36.3 Å². The number of fused-ring (bicyclic) bond motifs is 1. The lowest BCUT2D eigenvalue weighted by Crippen LogP contribution is -2.46. The number of likely N-dealkylation sites (N-methyl/N-ethyl adjacent to an activating group) is 1. The number of anilines is 1. The van der Waals surface area contributed by atoms with Crippen molar-refractivity contribution in [3.05, 3.63) is 23.2 Å². The smallest absolute Gasteiger partial charge is 0.309 e. The number of nitrogens with zero attached hydrogens (tertiary/aromatic N) is 2. The molecule has 1 fully saturated rings. The Morgan fingerprint density at radius 1 is 1.29 bits per heavy atom. The average molecular weight is 468 g/mol. The quantitative estimate of drug-likeness (QED) is 0.645. The van der Waals surface area contributed by atoms with Crippen LogP contribution in [0, 0.1) is 5.92 Å². The largest absolute Gasteiger partial charge is 0.466 e. The van der Waals surface area contributed by atoms with Crippen LogP contribution in [0.2, 0.25) is 5.02 Å². The summed E-state index contributed by atoms with van der Waals surface area (Å²) in [6.45, 7) is 2.98. The highest BCUT2D eigenvalue weighted by molar-refractivity contribution is 8.01. The predicted molar refractivity (Wildman–Crippen MR) is 118 cm³/mol. The van der Waals surface area contributed by atoms with Gasteiger partial charge < -0.3 is 19.9 Å². The van der Waals surface area contributed by atoms with E-state index in [9.17, 15) is 19.2 Å². The van der Waals surface area contributed by atoms with E-state index in [1.807, 2.05) is 6.07 Å². The van der Waals surface area contributed by atoms with Crippen LogP contribution in [0.25, 0.3) is 0 Å². The fourth-order valence-corrected chi connectivity index (χ4v) is 4.84. The van der Waals surface area contributed by atoms with Gasteiger partial charge in [-0.15, -0.1) is 11.8 Å². The van der Waals surface area contributed by atoms with E-state index in [1.54, 1.807) is 31.0 Å². The number of piperidine rings is 1. The number of carbonyl (C=O) groups excluding carboxylic acids is 4. The minimum absolute atomic E-state index is 0.00667. The number of nitrogens with one attached hydrogen (secondary N) is 1. The van der Waals surface area contributed by atoms with Gasteiger partial charge in [0, 0.05) is 36.5 Å². The Labute approximate surface area is 190 Å². The van der Waals surface area contributed by atoms with Crippen LogP contribution in [0.4, 0.5) is 5.69 Å². The maximum absolute atomic E-state index is 12.6. The van der Waals surface area contributed by atoms with Crippen molar-refractivity contribution >= 4 is 52.7 Å². The van der Waals surface area contributed by atoms with Gasteiger partial charge in [0.15, 0.2) is 0 Å². The van der Waals surface area contributed by atoms with Gasteiger partial charge in [0.25, 0.3) is 0 Å². The first kappa shape index (κ1) is 23.4. The number of carbonyl (C=O) groups is 4. The highest BCUT2D eigenvalue weighted by atomic mass is 35.5. The first-order valence-corrected chi connectivity index (χ1v) is 11.5. The summed E-state index contributed by atoms with van der Waals surface area (Å²) in [6, 6.07) is 5.22. The number of benzene rings is 1. The summed E-state index contributed by atoms with van der Waals surface area (Å²) >= 11 is 7.27. The molecule has 1 unspecified atom stereocenters. The van der Waals surface area contributed by atoms with Gasteiger partial charge in [0.2, 0.25) is 17.7 Å². The monoisotopic (exact) mass is 467 g/mol. The Hall–Kier alpha value is -2.26. The number of rotatable bonds is 6. The van der Waals surface area contributed by atoms with E-state index in [4.69, 9.17) is 16.3 Å². The number of amides is 3. The summed E-state index contributed by atoms with van der Waals surface area (Å²) < 4.78 is 5.05. The molecule has 0 spiro atoms. The Morgan fingerprint density at radius 3 is 2.68 bits per heavy atom. The van der Waals surface area contributed by atoms with E-state index in [1.165, 1.54) is 16.7 Å². The van der Waals surface area contributed by atoms with Crippen molar-refractivity contribution in [3.8, 4) is 0 Å². The van der Waals surface area contributed by atoms with Crippen LogP contribution < -0.4 is 5.32 Å². The fourth-order valence-electron chi connectivity index (χ4n) is 3.59. The third-order valence-electron chi connectivity index (χ3n) is 5.39. The summed E-state index contributed by atoms with van der Waals surface area (Å²) in [7, 11) is 1.56. The topological polar surface area (TPSA) is 96.0 Å². The molecule has 1 N–H and O–H groups in total. The van der Waals surface area contributed by atoms with Crippen LogP contribution in [0.1, 0.15) is 26.2 Å². The molecule has 0 radical (unpaired) electrons. The molecular formula is C21H26ClN3O5S. The summed E-state index contributed by atoms with van der Waals surface area (Å²) in [5, 5.41) is 2.74. The number of likely N-dealkylation sites (tertiary alicyclic amines) is 1. The molecule has 31 heavy (non-hydrogen) atoms. The van der Waals surface area contributed by atoms with E-state index >= 15 is 0 Å². The molecule has 0 saturated carbocycles. The third kappa shape index (κ3) is 5.92. The van der Waals surface area contributed by atoms with E-state index in [-0.39, 0.29) is 42.6 Å². The van der Waals surface area contributed by atoms with Gasteiger partial charge in [-0.05, 0) is 38.0 Å². The van der Waals surface area contributed by atoms with Crippen LogP contribution in [0.15, 0.2) is 23.1 Å². The van der Waals surface area contributed by atoms with Gasteiger partial charge in [-0.3, -0.25) is 19.2 Å². The van der Waals surface area contributed by atoms with E-state index < -0.39 is 5.25 Å². The molecule has 1 aromatic carbocycles. The number of thioether (sulfide) groups is 1. The summed E-state index contributed by atoms with van der Waals surface area (Å²) in [5.74, 6) is -1.09. The zero-order valence-electron chi connectivity index (χ0n) is 17.6. The van der Waals surface area contributed by atoms with Crippen molar-refractivity contribution in [2.75, 3.05) is 38.6 Å². The molecule has 2 heterocycles. The van der Waals surface area contributed by atoms with Crippen LogP contribution in [-0.2, 0) is 23.9 Å². The highest BCUT2D eigenvalue weighted by Gasteiger charge is 2.32. The fraction of sp³-hybridized carbons (Fsp3) is 0.524. The molecule has 1 aromatic rings. The van der Waals surface area contributed by atoms with Crippen LogP contribution in [-0.4, -0.2) is 72.0 Å². The first-order valence-electron chi connectivity index (χ1n) is 10.2. The van der Waals surface area contributed by atoms with Crippen molar-refractivity contribution < 1.29 is 23.9 Å². The van der Waals surface area contributed by atoms with E-state index in [2.05, 4.69) is 5.32 Å². The average Bonchev–Trinajstić information content (AvgIpc) is 2.74. The lowest BCUT2D eigenvalue weighted by Gasteiger charge is -2.32. The molecule has 3 amide bonds. The second kappa shape index (κ2) is 10.4. The Bertz CT molecular complexity index is 873. The molecule has 2 aliphatic heterocycles. The van der Waals surface area contributed by atoms with Crippen molar-refractivity contribution in [3.63, 3.8) is 0 Å². The molecular weight excluding hydrogens is 442 g/mol. The lowest BCUT2D eigenvalue weighted by molar-refractivity contribution is -0.151. The normalized spacial score (nSPS) is 18.7. The second-order valence-electron chi connectivity index (χ2n) is 7.60. The summed E-state index contributed by atoms with van der Waals surface area (Å²) in [5.41, 5.74) is 0.640. The van der Waals surface area contributed by atoms with Crippen molar-refractivity contribution in [1.29, 1.82) is 0 Å². The van der Waals surface area contributed by atoms with Crippen LogP contribution >= 0.6 is 23.4 Å². The van der Waals surface area contributed by atoms with Gasteiger partial charge in [0.1, 0.15) is 0 Å². The van der Waals surface area contributed by atoms with E-state index in [0.29, 0.717) is 43.2 Å². The maximum atomic E-state index is 12.6. The minimum Gasteiger partial charge on any atom is -0.466 e. The molecule has 0 bridgehead atoms. The summed E-state index contributed by atoms with van der Waals surface area (Å²) in [6.07, 6.45) is 1.11. The standard InChI is InChI=1S/C21H26ClN3O5S/c1-3-30-21(29)13-6-8-25(9-7-13)19(27)12-24(2)18(26)11-17-20(28)23-15-10-14(22)4-5-16(15)31-17/h4-5,10,13,17H,3,6-9,11-12H2,1-2H3,(H,23,28). The molecule has 3 rings (SSSR count). The zero-order valence-corrected chi connectivity index (χ0v) is 19.1. The number of ether oxygens (including phenoxy) is 1. The number of hydrogen-bond acceptors (Lipinski definition) is 6. The Kier molecular flexibility index (Phi) is 7.83. The first-order chi connectivity index (χ1) is 14.8. The molecule has 10 heteroatoms. The highest BCUT2D eigenvalue weighted by Crippen LogP contribution is 2.38. The van der Waals surface area contributed by atoms with Gasteiger partial charge in [-0.25, -0.2) is 0 Å². The van der Waals surface area contributed by atoms with Gasteiger partial charge in [-0.1, -0.05) is 11.6 Å². The number of esters is 1. The zero-order chi connectivity index (χ0) is 22.5. The minimum atomic E-state index is -0.570. The Morgan fingerprint density at radius 2 is 2.00 bits per heavy atom. The molecule has 8 nitrogen and oxygen atoms in total. The predicted octanol–water partition coefficient (Wildman–Crippen LogP) is 2.40. The Balaban J connectivity index is 1.48. The molecule has 168 valence electrons. The van der Waals surface area contributed by atoms with Gasteiger partial charge in [-0.2, -0.15) is 0 Å². The summed E-state index contributed by atoms with van der Waals surface area (Å²) in [4.78, 5) is 53.3. The van der Waals surface area contributed by atoms with Gasteiger partial charge >= 0.3 is 5.97 Å². The molecule has 1 atom stereocenters. The molecule has 0 aliphatic carbocycles. The number of halogens is 1. The SMILES string of the molecule is CCOC(=O)C1CCN(C(=O)CN(C)C(=O)CC2Sc3ccc(Cl)cc3NC2=O)CC1. The van der Waals surface area contributed by atoms with E-state index in [0.717, 1.165) is 4.90 Å². The molecule has 2 aliphatic rings. The molecule has 0 aromatic heterocycles. The maximum Gasteiger partial charge on any atom is 0.309 e. The van der Waals surface area contributed by atoms with Crippen LogP contribution in [0.5, 0.6) is 0 Å². The van der Waals surface area contributed by atoms with Crippen molar-refractivity contribution in [1.82, 2.24) is 9.80 Å². The second-order valence-corrected chi connectivity index (χ2v) is 9.28.